The van der Waals surface area contributed by atoms with Gasteiger partial charge < -0.3 is 9.47 Å². The fraction of sp³-hybridized carbons (Fsp3) is 0.611. The van der Waals surface area contributed by atoms with Crippen molar-refractivity contribution in [1.82, 2.24) is 19.4 Å². The van der Waals surface area contributed by atoms with Crippen molar-refractivity contribution in [2.45, 2.75) is 44.4 Å². The molecule has 1 amide bonds. The standard InChI is InChI=1S/C18H24N4O/c1-21-11-15(17-16(21)10-19-12-20-17)13-6-8-22(9-7-13)18(23)14-4-2-3-5-14/h10-14H,2-9H2,1H3. The number of carbonyl (C=O) groups is 1. The molecule has 2 aromatic heterocycles. The SMILES string of the molecule is Cn1cc(C2CCN(C(=O)C3CCCC3)CC2)c2ncncc21. The van der Waals surface area contributed by atoms with Gasteiger partial charge in [-0.2, -0.15) is 0 Å². The molecule has 5 nitrogen and oxygen atoms in total. The minimum absolute atomic E-state index is 0.303. The molecule has 1 saturated heterocycles. The maximum Gasteiger partial charge on any atom is 0.225 e. The van der Waals surface area contributed by atoms with Gasteiger partial charge in [-0.3, -0.25) is 4.79 Å². The Hall–Kier alpha value is -1.91. The molecule has 2 aromatic rings. The Kier molecular flexibility index (Phi) is 3.79. The summed E-state index contributed by atoms with van der Waals surface area (Å²) in [6.07, 6.45) is 12.4. The molecule has 1 aliphatic heterocycles. The summed E-state index contributed by atoms with van der Waals surface area (Å²) >= 11 is 0. The molecule has 122 valence electrons. The molecule has 0 unspecified atom stereocenters. The van der Waals surface area contributed by atoms with E-state index in [1.165, 1.54) is 18.4 Å². The molecule has 0 spiro atoms. The highest BCUT2D eigenvalue weighted by Gasteiger charge is 2.31. The largest absolute Gasteiger partial charge is 0.348 e. The highest BCUT2D eigenvalue weighted by molar-refractivity contribution is 5.80. The van der Waals surface area contributed by atoms with Crippen LogP contribution in [-0.2, 0) is 11.8 Å². The van der Waals surface area contributed by atoms with Gasteiger partial charge in [-0.1, -0.05) is 12.8 Å². The number of aromatic nitrogens is 3. The zero-order chi connectivity index (χ0) is 15.8. The van der Waals surface area contributed by atoms with Gasteiger partial charge >= 0.3 is 0 Å². The summed E-state index contributed by atoms with van der Waals surface area (Å²) in [5.41, 5.74) is 3.48. The van der Waals surface area contributed by atoms with Crippen LogP contribution in [0, 0.1) is 5.92 Å². The van der Waals surface area contributed by atoms with Crippen LogP contribution in [0.2, 0.25) is 0 Å². The van der Waals surface area contributed by atoms with E-state index in [1.54, 1.807) is 6.33 Å². The lowest BCUT2D eigenvalue weighted by molar-refractivity contribution is -0.136. The van der Waals surface area contributed by atoms with E-state index in [0.29, 0.717) is 17.7 Å². The average molecular weight is 312 g/mol. The van der Waals surface area contributed by atoms with E-state index in [4.69, 9.17) is 0 Å². The Labute approximate surface area is 136 Å². The lowest BCUT2D eigenvalue weighted by Gasteiger charge is -2.33. The molecule has 4 rings (SSSR count). The van der Waals surface area contributed by atoms with Crippen LogP contribution in [0.3, 0.4) is 0 Å². The van der Waals surface area contributed by atoms with Gasteiger partial charge in [0, 0.05) is 32.3 Å². The van der Waals surface area contributed by atoms with Crippen LogP contribution in [0.1, 0.15) is 50.0 Å². The van der Waals surface area contributed by atoms with Gasteiger partial charge in [-0.25, -0.2) is 9.97 Å². The summed E-state index contributed by atoms with van der Waals surface area (Å²) in [5.74, 6) is 1.21. The van der Waals surface area contributed by atoms with E-state index in [9.17, 15) is 4.79 Å². The number of aryl methyl sites for hydroxylation is 1. The molecule has 3 heterocycles. The first-order valence-electron chi connectivity index (χ1n) is 8.78. The Bertz CT molecular complexity index is 709. The van der Waals surface area contributed by atoms with Crippen LogP contribution < -0.4 is 0 Å². The third-order valence-corrected chi connectivity index (χ3v) is 5.63. The monoisotopic (exact) mass is 312 g/mol. The Morgan fingerprint density at radius 3 is 2.65 bits per heavy atom. The fourth-order valence-corrected chi connectivity index (χ4v) is 4.28. The molecule has 0 N–H and O–H groups in total. The van der Waals surface area contributed by atoms with Crippen molar-refractivity contribution >= 4 is 16.9 Å². The van der Waals surface area contributed by atoms with Crippen molar-refractivity contribution in [1.29, 1.82) is 0 Å². The van der Waals surface area contributed by atoms with Gasteiger partial charge in [0.2, 0.25) is 5.91 Å². The second-order valence-electron chi connectivity index (χ2n) is 7.03. The minimum atomic E-state index is 0.303. The van der Waals surface area contributed by atoms with Gasteiger partial charge in [-0.05, 0) is 37.2 Å². The number of piperidine rings is 1. The van der Waals surface area contributed by atoms with Crippen LogP contribution in [0.4, 0.5) is 0 Å². The summed E-state index contributed by atoms with van der Waals surface area (Å²) in [6.45, 7) is 1.78. The van der Waals surface area contributed by atoms with Crippen molar-refractivity contribution < 1.29 is 4.79 Å². The predicted molar refractivity (Wildman–Crippen MR) is 89.0 cm³/mol. The number of amides is 1. The molecule has 2 fully saturated rings. The molecule has 5 heteroatoms. The first-order chi connectivity index (χ1) is 11.2. The van der Waals surface area contributed by atoms with E-state index in [-0.39, 0.29) is 0 Å². The van der Waals surface area contributed by atoms with Crippen molar-refractivity contribution in [3.63, 3.8) is 0 Å². The third-order valence-electron chi connectivity index (χ3n) is 5.63. The van der Waals surface area contributed by atoms with E-state index in [2.05, 4.69) is 25.6 Å². The number of fused-ring (bicyclic) bond motifs is 1. The highest BCUT2D eigenvalue weighted by atomic mass is 16.2. The maximum atomic E-state index is 12.6. The second kappa shape index (κ2) is 5.95. The van der Waals surface area contributed by atoms with Crippen LogP contribution >= 0.6 is 0 Å². The van der Waals surface area contributed by atoms with E-state index in [0.717, 1.165) is 49.8 Å². The molecule has 0 bridgehead atoms. The molecule has 2 aliphatic rings. The molecule has 0 aromatic carbocycles. The minimum Gasteiger partial charge on any atom is -0.348 e. The zero-order valence-electron chi connectivity index (χ0n) is 13.7. The lowest BCUT2D eigenvalue weighted by Crippen LogP contribution is -2.40. The number of nitrogens with zero attached hydrogens (tertiary/aromatic N) is 4. The number of hydrogen-bond acceptors (Lipinski definition) is 3. The smallest absolute Gasteiger partial charge is 0.225 e. The number of carbonyl (C=O) groups excluding carboxylic acids is 1. The summed E-state index contributed by atoms with van der Waals surface area (Å²) in [6, 6.07) is 0. The Balaban J connectivity index is 1.47. The molecule has 0 atom stereocenters. The van der Waals surface area contributed by atoms with Crippen molar-refractivity contribution in [2.75, 3.05) is 13.1 Å². The number of hydrogen-bond donors (Lipinski definition) is 0. The normalized spacial score (nSPS) is 20.5. The van der Waals surface area contributed by atoms with Crippen LogP contribution in [0.5, 0.6) is 0 Å². The Morgan fingerprint density at radius 1 is 1.17 bits per heavy atom. The molecule has 23 heavy (non-hydrogen) atoms. The number of likely N-dealkylation sites (tertiary alicyclic amines) is 1. The second-order valence-corrected chi connectivity index (χ2v) is 7.03. The lowest BCUT2D eigenvalue weighted by atomic mass is 9.90. The summed E-state index contributed by atoms with van der Waals surface area (Å²) in [5, 5.41) is 0. The first kappa shape index (κ1) is 14.7. The van der Waals surface area contributed by atoms with Crippen LogP contribution in [0.25, 0.3) is 11.0 Å². The molecular weight excluding hydrogens is 288 g/mol. The van der Waals surface area contributed by atoms with Gasteiger partial charge in [0.05, 0.1) is 17.2 Å². The third kappa shape index (κ3) is 2.62. The maximum absolute atomic E-state index is 12.6. The van der Waals surface area contributed by atoms with Crippen molar-refractivity contribution in [3.05, 3.63) is 24.3 Å². The van der Waals surface area contributed by atoms with Crippen LogP contribution in [0.15, 0.2) is 18.7 Å². The molecule has 1 saturated carbocycles. The van der Waals surface area contributed by atoms with Gasteiger partial charge in [0.25, 0.3) is 0 Å². The first-order valence-corrected chi connectivity index (χ1v) is 8.78. The van der Waals surface area contributed by atoms with E-state index >= 15 is 0 Å². The summed E-state index contributed by atoms with van der Waals surface area (Å²) < 4.78 is 2.11. The highest BCUT2D eigenvalue weighted by Crippen LogP contribution is 2.34. The number of rotatable bonds is 2. The van der Waals surface area contributed by atoms with Crippen LogP contribution in [-0.4, -0.2) is 38.4 Å². The topological polar surface area (TPSA) is 51.0 Å². The zero-order valence-corrected chi connectivity index (χ0v) is 13.7. The van der Waals surface area contributed by atoms with Gasteiger partial charge in [0.15, 0.2) is 0 Å². The summed E-state index contributed by atoms with van der Waals surface area (Å²) in [4.78, 5) is 23.3. The van der Waals surface area contributed by atoms with Gasteiger partial charge in [0.1, 0.15) is 6.33 Å². The van der Waals surface area contributed by atoms with Gasteiger partial charge in [-0.15, -0.1) is 0 Å². The predicted octanol–water partition coefficient (Wildman–Crippen LogP) is 2.86. The fourth-order valence-electron chi connectivity index (χ4n) is 4.28. The Morgan fingerprint density at radius 2 is 1.91 bits per heavy atom. The quantitative estimate of drug-likeness (QED) is 0.857. The molecule has 1 aliphatic carbocycles. The van der Waals surface area contributed by atoms with E-state index in [1.807, 2.05) is 13.2 Å². The molecular formula is C18H24N4O. The van der Waals surface area contributed by atoms with Crippen molar-refractivity contribution in [3.8, 4) is 0 Å². The molecule has 0 radical (unpaired) electrons. The van der Waals surface area contributed by atoms with E-state index < -0.39 is 0 Å². The summed E-state index contributed by atoms with van der Waals surface area (Å²) in [7, 11) is 2.05. The van der Waals surface area contributed by atoms with Crippen molar-refractivity contribution in [2.24, 2.45) is 13.0 Å². The average Bonchev–Trinajstić information content (AvgIpc) is 3.23.